The zero-order valence-electron chi connectivity index (χ0n) is 8.94. The fraction of sp³-hybridized carbons (Fsp3) is 0.333. The predicted octanol–water partition coefficient (Wildman–Crippen LogP) is -0.294. The molecule has 1 aromatic rings. The number of hydrogen-bond acceptors (Lipinski definition) is 1. The Balaban J connectivity index is 2.67. The largest absolute Gasteiger partial charge is 0.370 e. The van der Waals surface area contributed by atoms with Crippen molar-refractivity contribution >= 4 is 11.9 Å². The van der Waals surface area contributed by atoms with E-state index in [1.165, 1.54) is 0 Å². The molecule has 0 spiro atoms. The van der Waals surface area contributed by atoms with Crippen LogP contribution in [-0.4, -0.2) is 35.9 Å². The molecule has 0 aromatic carbocycles. The molecule has 0 fully saturated rings. The van der Waals surface area contributed by atoms with Crippen LogP contribution < -0.4 is 11.5 Å². The number of hydrogen-bond donors (Lipinski definition) is 3. The zero-order chi connectivity index (χ0) is 11.3. The summed E-state index contributed by atoms with van der Waals surface area (Å²) in [5.74, 6) is 0.513. The summed E-state index contributed by atoms with van der Waals surface area (Å²) in [5, 5.41) is 0. The van der Waals surface area contributed by atoms with Crippen molar-refractivity contribution in [1.82, 2.24) is 9.88 Å². The quantitative estimate of drug-likeness (QED) is 0.460. The predicted molar refractivity (Wildman–Crippen MR) is 61.4 cm³/mol. The van der Waals surface area contributed by atoms with E-state index in [4.69, 9.17) is 11.5 Å². The van der Waals surface area contributed by atoms with Gasteiger partial charge in [0.25, 0.3) is 0 Å². The molecule has 1 aromatic heterocycles. The van der Waals surface area contributed by atoms with Crippen LogP contribution in [0.5, 0.6) is 0 Å². The second kappa shape index (κ2) is 5.04. The molecule has 6 nitrogen and oxygen atoms in total. The molecule has 0 amide bonds. The van der Waals surface area contributed by atoms with E-state index in [1.54, 1.807) is 7.05 Å². The first-order valence-electron chi connectivity index (χ1n) is 4.53. The fourth-order valence-electron chi connectivity index (χ4n) is 1.21. The van der Waals surface area contributed by atoms with Gasteiger partial charge in [0, 0.05) is 26.0 Å². The van der Waals surface area contributed by atoms with Crippen molar-refractivity contribution in [2.75, 3.05) is 14.1 Å². The van der Waals surface area contributed by atoms with Crippen LogP contribution >= 0.6 is 0 Å². The number of H-pyrrole nitrogens is 1. The van der Waals surface area contributed by atoms with Gasteiger partial charge in [-0.15, -0.1) is 0 Å². The van der Waals surface area contributed by atoms with E-state index in [1.807, 2.05) is 30.3 Å². The van der Waals surface area contributed by atoms with E-state index < -0.39 is 0 Å². The number of guanidine groups is 2. The first kappa shape index (κ1) is 11.1. The summed E-state index contributed by atoms with van der Waals surface area (Å²) in [6, 6.07) is 3.92. The maximum atomic E-state index is 5.29. The summed E-state index contributed by atoms with van der Waals surface area (Å²) < 4.78 is 0. The highest BCUT2D eigenvalue weighted by atomic mass is 15.3. The van der Waals surface area contributed by atoms with Gasteiger partial charge in [0.15, 0.2) is 5.96 Å². The molecule has 6 heteroatoms. The molecule has 0 saturated heterocycles. The molecule has 0 bridgehead atoms. The molecule has 5 N–H and O–H groups in total. The van der Waals surface area contributed by atoms with Gasteiger partial charge in [-0.25, -0.2) is 0 Å². The number of nitrogens with zero attached hydrogens (tertiary/aromatic N) is 3. The molecule has 0 aliphatic heterocycles. The molecule has 1 heterocycles. The van der Waals surface area contributed by atoms with Gasteiger partial charge in [-0.3, -0.25) is 4.99 Å². The smallest absolute Gasteiger partial charge is 0.223 e. The highest BCUT2D eigenvalue weighted by molar-refractivity contribution is 5.93. The average molecular weight is 208 g/mol. The summed E-state index contributed by atoms with van der Waals surface area (Å²) >= 11 is 0. The molecule has 0 radical (unpaired) electrons. The van der Waals surface area contributed by atoms with Crippen molar-refractivity contribution in [3.8, 4) is 0 Å². The van der Waals surface area contributed by atoms with E-state index in [-0.39, 0.29) is 5.96 Å². The monoisotopic (exact) mass is 208 g/mol. The third kappa shape index (κ3) is 3.34. The topological polar surface area (TPSA) is 95.8 Å². The molecule has 1 rings (SSSR count). The van der Waals surface area contributed by atoms with Crippen LogP contribution in [0.2, 0.25) is 0 Å². The van der Waals surface area contributed by atoms with Crippen molar-refractivity contribution < 1.29 is 0 Å². The number of aromatic amines is 1. The van der Waals surface area contributed by atoms with Crippen molar-refractivity contribution in [3.63, 3.8) is 0 Å². The van der Waals surface area contributed by atoms with Crippen molar-refractivity contribution in [1.29, 1.82) is 0 Å². The molecular formula is C9H16N6. The molecule has 0 unspecified atom stereocenters. The lowest BCUT2D eigenvalue weighted by atomic mass is 10.4. The Morgan fingerprint density at radius 2 is 2.27 bits per heavy atom. The Bertz CT molecular complexity index is 347. The van der Waals surface area contributed by atoms with E-state index in [0.717, 1.165) is 5.69 Å². The number of rotatable bonds is 2. The van der Waals surface area contributed by atoms with Crippen LogP contribution in [0.1, 0.15) is 5.69 Å². The molecule has 0 aliphatic carbocycles. The number of aromatic nitrogens is 1. The second-order valence-electron chi connectivity index (χ2n) is 3.11. The summed E-state index contributed by atoms with van der Waals surface area (Å²) in [7, 11) is 3.52. The van der Waals surface area contributed by atoms with Gasteiger partial charge < -0.3 is 21.4 Å². The van der Waals surface area contributed by atoms with Gasteiger partial charge in [0.05, 0.1) is 6.54 Å². The minimum absolute atomic E-state index is 0.00827. The lowest BCUT2D eigenvalue weighted by Crippen LogP contribution is -2.31. The van der Waals surface area contributed by atoms with Gasteiger partial charge >= 0.3 is 0 Å². The van der Waals surface area contributed by atoms with E-state index in [9.17, 15) is 0 Å². The molecule has 0 aliphatic rings. The maximum Gasteiger partial charge on any atom is 0.223 e. The van der Waals surface area contributed by atoms with Crippen molar-refractivity contribution in [3.05, 3.63) is 24.0 Å². The molecule has 15 heavy (non-hydrogen) atoms. The Morgan fingerprint density at radius 1 is 1.53 bits per heavy atom. The summed E-state index contributed by atoms with van der Waals surface area (Å²) in [4.78, 5) is 12.8. The van der Waals surface area contributed by atoms with Gasteiger partial charge in [-0.05, 0) is 12.1 Å². The molecule has 0 atom stereocenters. The Labute approximate surface area is 88.7 Å². The second-order valence-corrected chi connectivity index (χ2v) is 3.11. The van der Waals surface area contributed by atoms with Gasteiger partial charge in [0.2, 0.25) is 5.96 Å². The zero-order valence-corrected chi connectivity index (χ0v) is 8.94. The third-order valence-electron chi connectivity index (χ3n) is 1.84. The van der Waals surface area contributed by atoms with Gasteiger partial charge in [-0.1, -0.05) is 0 Å². The number of nitrogens with two attached hydrogens (primary N) is 2. The van der Waals surface area contributed by atoms with Crippen LogP contribution in [0.15, 0.2) is 28.3 Å². The normalized spacial score (nSPS) is 11.2. The standard InChI is InChI=1S/C9H16N6/c1-12-9(14-8(10)11)15(2)6-7-4-3-5-13-7/h3-5,13H,6H2,1-2H3,(H4,10,11,12,14). The first-order valence-corrected chi connectivity index (χ1v) is 4.53. The lowest BCUT2D eigenvalue weighted by Gasteiger charge is -2.16. The summed E-state index contributed by atoms with van der Waals surface area (Å²) in [6.07, 6.45) is 1.87. The summed E-state index contributed by atoms with van der Waals surface area (Å²) in [5.41, 5.74) is 11.7. The number of aliphatic imine (C=N–C) groups is 2. The Hall–Kier alpha value is -1.98. The number of nitrogens with one attached hydrogen (secondary N) is 1. The Morgan fingerprint density at radius 3 is 2.73 bits per heavy atom. The molecule has 0 saturated carbocycles. The average Bonchev–Trinajstić information content (AvgIpc) is 2.66. The maximum absolute atomic E-state index is 5.29. The minimum Gasteiger partial charge on any atom is -0.370 e. The Kier molecular flexibility index (Phi) is 3.73. The van der Waals surface area contributed by atoms with E-state index in [2.05, 4.69) is 15.0 Å². The van der Waals surface area contributed by atoms with Crippen LogP contribution in [0.3, 0.4) is 0 Å². The fourth-order valence-corrected chi connectivity index (χ4v) is 1.21. The van der Waals surface area contributed by atoms with E-state index >= 15 is 0 Å². The van der Waals surface area contributed by atoms with Crippen LogP contribution in [0.25, 0.3) is 0 Å². The van der Waals surface area contributed by atoms with Crippen LogP contribution in [0, 0.1) is 0 Å². The van der Waals surface area contributed by atoms with Crippen molar-refractivity contribution in [2.24, 2.45) is 21.5 Å². The van der Waals surface area contributed by atoms with E-state index in [0.29, 0.717) is 12.5 Å². The minimum atomic E-state index is 0.00827. The van der Waals surface area contributed by atoms with Crippen molar-refractivity contribution in [2.45, 2.75) is 6.54 Å². The first-order chi connectivity index (χ1) is 7.13. The highest BCUT2D eigenvalue weighted by Gasteiger charge is 2.05. The van der Waals surface area contributed by atoms with Gasteiger partial charge in [0.1, 0.15) is 0 Å². The molecular weight excluding hydrogens is 192 g/mol. The SMILES string of the molecule is CN=C(N=C(N)N)N(C)Cc1ccc[nH]1. The molecule has 82 valence electrons. The lowest BCUT2D eigenvalue weighted by molar-refractivity contribution is 0.487. The van der Waals surface area contributed by atoms with Gasteiger partial charge in [-0.2, -0.15) is 4.99 Å². The highest BCUT2D eigenvalue weighted by Crippen LogP contribution is 2.01. The third-order valence-corrected chi connectivity index (χ3v) is 1.84. The van der Waals surface area contributed by atoms with Crippen LogP contribution in [0.4, 0.5) is 0 Å². The summed E-state index contributed by atoms with van der Waals surface area (Å²) in [6.45, 7) is 0.677. The van der Waals surface area contributed by atoms with Crippen LogP contribution in [-0.2, 0) is 6.54 Å².